The number of carbonyl (C=O) groups is 1. The van der Waals surface area contributed by atoms with Crippen LogP contribution in [-0.2, 0) is 0 Å². The van der Waals surface area contributed by atoms with Crippen LogP contribution in [-0.4, -0.2) is 23.9 Å². The van der Waals surface area contributed by atoms with Gasteiger partial charge in [0, 0.05) is 23.8 Å². The van der Waals surface area contributed by atoms with Crippen molar-refractivity contribution in [3.05, 3.63) is 28.4 Å². The van der Waals surface area contributed by atoms with Gasteiger partial charge in [-0.05, 0) is 93.8 Å². The first-order valence-electron chi connectivity index (χ1n) is 4.95. The molecule has 1 aromatic rings. The van der Waals surface area contributed by atoms with Crippen molar-refractivity contribution >= 4 is 73.7 Å². The average Bonchev–Trinajstić information content (AvgIpc) is 2.24. The van der Waals surface area contributed by atoms with E-state index in [9.17, 15) is 4.79 Å². The van der Waals surface area contributed by atoms with Gasteiger partial charge in [0.05, 0.1) is 5.56 Å². The molecule has 0 N–H and O–H groups in total. The van der Waals surface area contributed by atoms with E-state index in [1.54, 1.807) is 0 Å². The quantitative estimate of drug-likeness (QED) is 0.409. The highest BCUT2D eigenvalue weighted by atomic mass is 127. The van der Waals surface area contributed by atoms with Crippen LogP contribution in [0.4, 0.5) is 0 Å². The predicted molar refractivity (Wildman–Crippen MR) is 91.8 cm³/mol. The molecule has 0 aliphatic rings. The fraction of sp³-hybridized carbons (Fsp3) is 0.364. The zero-order valence-electron chi connectivity index (χ0n) is 9.06. The van der Waals surface area contributed by atoms with Crippen molar-refractivity contribution in [3.63, 3.8) is 0 Å². The first-order valence-corrected chi connectivity index (χ1v) is 8.18. The molecule has 0 unspecified atom stereocenters. The number of benzene rings is 1. The summed E-state index contributed by atoms with van der Waals surface area (Å²) >= 11 is 6.77. The van der Waals surface area contributed by atoms with Gasteiger partial charge >= 0.3 is 0 Å². The molecule has 0 spiro atoms. The number of amides is 1. The van der Waals surface area contributed by atoms with Crippen LogP contribution >= 0.6 is 67.8 Å². The van der Waals surface area contributed by atoms with Crippen molar-refractivity contribution in [2.75, 3.05) is 13.1 Å². The number of rotatable bonds is 3. The lowest BCUT2D eigenvalue weighted by molar-refractivity contribution is 0.0772. The van der Waals surface area contributed by atoms with Gasteiger partial charge in [-0.15, -0.1) is 0 Å². The summed E-state index contributed by atoms with van der Waals surface area (Å²) in [7, 11) is 0. The molecule has 0 atom stereocenters. The van der Waals surface area contributed by atoms with Crippen LogP contribution in [0.3, 0.4) is 0 Å². The van der Waals surface area contributed by atoms with E-state index in [-0.39, 0.29) is 5.91 Å². The second-order valence-corrected chi connectivity index (χ2v) is 6.71. The molecule has 88 valence electrons. The zero-order chi connectivity index (χ0) is 12.3. The van der Waals surface area contributed by atoms with E-state index in [1.165, 1.54) is 0 Å². The van der Waals surface area contributed by atoms with E-state index in [0.29, 0.717) is 0 Å². The number of carbonyl (C=O) groups excluding carboxylic acids is 1. The summed E-state index contributed by atoms with van der Waals surface area (Å²) in [5.74, 6) is 0.130. The molecule has 1 aromatic carbocycles. The molecule has 0 saturated carbocycles. The standard InChI is InChI=1S/C11H12I3NO/c1-3-15(4-2)11(16)8-5-7(12)6-9(13)10(8)14/h5-6H,3-4H2,1-2H3. The van der Waals surface area contributed by atoms with Crippen LogP contribution in [0.2, 0.25) is 0 Å². The number of hydrogen-bond acceptors (Lipinski definition) is 1. The van der Waals surface area contributed by atoms with Gasteiger partial charge in [-0.1, -0.05) is 0 Å². The molecule has 1 amide bonds. The van der Waals surface area contributed by atoms with Gasteiger partial charge in [-0.2, -0.15) is 0 Å². The summed E-state index contributed by atoms with van der Waals surface area (Å²) in [6, 6.07) is 4.05. The molecule has 16 heavy (non-hydrogen) atoms. The van der Waals surface area contributed by atoms with E-state index in [2.05, 4.69) is 73.8 Å². The maximum Gasteiger partial charge on any atom is 0.254 e. The van der Waals surface area contributed by atoms with E-state index in [0.717, 1.165) is 29.4 Å². The average molecular weight is 555 g/mol. The van der Waals surface area contributed by atoms with Gasteiger partial charge in [-0.3, -0.25) is 4.79 Å². The molecular weight excluding hydrogens is 543 g/mol. The summed E-state index contributed by atoms with van der Waals surface area (Å²) in [5.41, 5.74) is 0.820. The van der Waals surface area contributed by atoms with Crippen molar-refractivity contribution in [1.29, 1.82) is 0 Å². The first-order chi connectivity index (χ1) is 7.51. The second-order valence-electron chi connectivity index (χ2n) is 3.23. The summed E-state index contributed by atoms with van der Waals surface area (Å²) in [6.07, 6.45) is 0. The van der Waals surface area contributed by atoms with Crippen LogP contribution in [0.5, 0.6) is 0 Å². The fourth-order valence-corrected chi connectivity index (χ4v) is 3.78. The van der Waals surface area contributed by atoms with Crippen LogP contribution < -0.4 is 0 Å². The lowest BCUT2D eigenvalue weighted by Gasteiger charge is -2.19. The monoisotopic (exact) mass is 555 g/mol. The Morgan fingerprint density at radius 1 is 1.19 bits per heavy atom. The largest absolute Gasteiger partial charge is 0.339 e. The van der Waals surface area contributed by atoms with Crippen molar-refractivity contribution < 1.29 is 4.79 Å². The highest BCUT2D eigenvalue weighted by Crippen LogP contribution is 2.23. The second kappa shape index (κ2) is 6.72. The number of hydrogen-bond donors (Lipinski definition) is 0. The lowest BCUT2D eigenvalue weighted by atomic mass is 10.2. The minimum Gasteiger partial charge on any atom is -0.339 e. The molecule has 0 bridgehead atoms. The van der Waals surface area contributed by atoms with Gasteiger partial charge < -0.3 is 4.90 Å². The normalized spacial score (nSPS) is 10.3. The Labute approximate surface area is 137 Å². The molecule has 0 aliphatic heterocycles. The molecule has 0 aliphatic carbocycles. The van der Waals surface area contributed by atoms with E-state index in [1.807, 2.05) is 24.8 Å². The zero-order valence-corrected chi connectivity index (χ0v) is 15.5. The third-order valence-electron chi connectivity index (χ3n) is 2.27. The molecule has 0 heterocycles. The molecular formula is C11H12I3NO. The molecule has 1 rings (SSSR count). The Kier molecular flexibility index (Phi) is 6.27. The molecule has 0 saturated heterocycles. The molecule has 0 radical (unpaired) electrons. The van der Waals surface area contributed by atoms with Gasteiger partial charge in [0.1, 0.15) is 0 Å². The van der Waals surface area contributed by atoms with Crippen LogP contribution in [0, 0.1) is 10.7 Å². The third-order valence-corrected chi connectivity index (χ3v) is 5.94. The van der Waals surface area contributed by atoms with Gasteiger partial charge in [0.25, 0.3) is 5.91 Å². The minimum atomic E-state index is 0.130. The lowest BCUT2D eigenvalue weighted by Crippen LogP contribution is -2.31. The minimum absolute atomic E-state index is 0.130. The van der Waals surface area contributed by atoms with Crippen molar-refractivity contribution in [1.82, 2.24) is 4.90 Å². The van der Waals surface area contributed by atoms with Gasteiger partial charge in [0.15, 0.2) is 0 Å². The smallest absolute Gasteiger partial charge is 0.254 e. The fourth-order valence-electron chi connectivity index (χ4n) is 1.39. The molecule has 5 heteroatoms. The van der Waals surface area contributed by atoms with Crippen LogP contribution in [0.1, 0.15) is 24.2 Å². The van der Waals surface area contributed by atoms with E-state index in [4.69, 9.17) is 0 Å². The molecule has 0 aromatic heterocycles. The summed E-state index contributed by atoms with van der Waals surface area (Å²) < 4.78 is 3.30. The SMILES string of the molecule is CCN(CC)C(=O)c1cc(I)cc(I)c1I. The number of halogens is 3. The molecule has 2 nitrogen and oxygen atoms in total. The summed E-state index contributed by atoms with van der Waals surface area (Å²) in [6.45, 7) is 5.53. The predicted octanol–water partition coefficient (Wildman–Crippen LogP) is 3.98. The highest BCUT2D eigenvalue weighted by molar-refractivity contribution is 14.1. The Hall–Kier alpha value is 0.880. The Morgan fingerprint density at radius 3 is 2.25 bits per heavy atom. The maximum atomic E-state index is 12.2. The van der Waals surface area contributed by atoms with Crippen LogP contribution in [0.25, 0.3) is 0 Å². The van der Waals surface area contributed by atoms with Crippen LogP contribution in [0.15, 0.2) is 12.1 Å². The van der Waals surface area contributed by atoms with E-state index >= 15 is 0 Å². The van der Waals surface area contributed by atoms with Crippen molar-refractivity contribution in [2.45, 2.75) is 13.8 Å². The van der Waals surface area contributed by atoms with Crippen molar-refractivity contribution in [3.8, 4) is 0 Å². The van der Waals surface area contributed by atoms with Gasteiger partial charge in [-0.25, -0.2) is 0 Å². The topological polar surface area (TPSA) is 20.3 Å². The number of nitrogens with zero attached hydrogens (tertiary/aromatic N) is 1. The van der Waals surface area contributed by atoms with Crippen molar-refractivity contribution in [2.24, 2.45) is 0 Å². The molecule has 0 fully saturated rings. The summed E-state index contributed by atoms with van der Waals surface area (Å²) in [4.78, 5) is 14.1. The first kappa shape index (κ1) is 14.9. The van der Waals surface area contributed by atoms with E-state index < -0.39 is 0 Å². The Balaban J connectivity index is 3.17. The Bertz CT molecular complexity index is 402. The third kappa shape index (κ3) is 3.44. The Morgan fingerprint density at radius 2 is 1.75 bits per heavy atom. The maximum absolute atomic E-state index is 12.2. The summed E-state index contributed by atoms with van der Waals surface area (Å²) in [5, 5.41) is 0. The highest BCUT2D eigenvalue weighted by Gasteiger charge is 2.17. The van der Waals surface area contributed by atoms with Gasteiger partial charge in [0.2, 0.25) is 0 Å².